The Kier molecular flexibility index (Phi) is 2.52. The lowest BCUT2D eigenvalue weighted by Gasteiger charge is -2.15. The quantitative estimate of drug-likeness (QED) is 0.585. The summed E-state index contributed by atoms with van der Waals surface area (Å²) in [5.41, 5.74) is 1.08. The summed E-state index contributed by atoms with van der Waals surface area (Å²) < 4.78 is 5.52. The Morgan fingerprint density at radius 1 is 0.800 bits per heavy atom. The third-order valence-electron chi connectivity index (χ3n) is 3.61. The molecule has 0 fully saturated rings. The lowest BCUT2D eigenvalue weighted by molar-refractivity contribution is 0.152. The van der Waals surface area contributed by atoms with E-state index in [1.807, 2.05) is 0 Å². The Morgan fingerprint density at radius 3 is 2.30 bits per heavy atom. The van der Waals surface area contributed by atoms with Gasteiger partial charge in [0.05, 0.1) is 6.26 Å². The van der Waals surface area contributed by atoms with E-state index in [0.717, 1.165) is 5.56 Å². The molecule has 3 aromatic rings. The summed E-state index contributed by atoms with van der Waals surface area (Å²) in [6.45, 7) is 0. The summed E-state index contributed by atoms with van der Waals surface area (Å²) in [7, 11) is 0. The fraction of sp³-hybridized carbons (Fsp3) is 0.0556. The highest BCUT2D eigenvalue weighted by Gasteiger charge is 2.11. The molecule has 1 heterocycles. The molecule has 1 aliphatic rings. The van der Waals surface area contributed by atoms with Crippen molar-refractivity contribution >= 4 is 27.8 Å². The van der Waals surface area contributed by atoms with E-state index in [1.54, 1.807) is 18.6 Å². The van der Waals surface area contributed by atoms with Crippen LogP contribution in [0.4, 0.5) is 0 Å². The van der Waals surface area contributed by atoms with E-state index >= 15 is 0 Å². The van der Waals surface area contributed by atoms with Crippen LogP contribution < -0.4 is 0 Å². The number of ether oxygens (including phenoxy) is 1. The molecule has 20 heavy (non-hydrogen) atoms. The molecule has 96 valence electrons. The third-order valence-corrected chi connectivity index (χ3v) is 3.61. The second kappa shape index (κ2) is 4.49. The molecule has 1 aliphatic heterocycles. The van der Waals surface area contributed by atoms with E-state index in [4.69, 9.17) is 4.74 Å². The Bertz CT molecular complexity index is 848. The maximum absolute atomic E-state index is 5.52. The molecule has 0 radical (unpaired) electrons. The van der Waals surface area contributed by atoms with Crippen LogP contribution in [-0.4, -0.2) is 6.21 Å². The summed E-state index contributed by atoms with van der Waals surface area (Å²) in [6.07, 6.45) is 5.03. The summed E-state index contributed by atoms with van der Waals surface area (Å²) >= 11 is 0. The Hall–Kier alpha value is -2.61. The lowest BCUT2D eigenvalue weighted by atomic mass is 10.0. The number of hydrogen-bond donors (Lipinski definition) is 0. The topological polar surface area (TPSA) is 21.6 Å². The molecular weight excluding hydrogens is 246 g/mol. The summed E-state index contributed by atoms with van der Waals surface area (Å²) in [4.78, 5) is 4.33. The van der Waals surface area contributed by atoms with Gasteiger partial charge in [0.1, 0.15) is 0 Å². The third kappa shape index (κ3) is 1.86. The molecule has 0 saturated heterocycles. The largest absolute Gasteiger partial charge is 0.472 e. The minimum absolute atomic E-state index is 0.226. The highest BCUT2D eigenvalue weighted by molar-refractivity contribution is 5.98. The van der Waals surface area contributed by atoms with Gasteiger partial charge >= 0.3 is 0 Å². The van der Waals surface area contributed by atoms with Crippen LogP contribution in [0, 0.1) is 0 Å². The standard InChI is InChI=1S/C18H13NO/c1-2-5-14-11-17-12-16(18-19-8-3-9-20-18)7-6-15(17)10-13(14)4-1/h1-12,18H. The van der Waals surface area contributed by atoms with Gasteiger partial charge in [-0.3, -0.25) is 0 Å². The van der Waals surface area contributed by atoms with Gasteiger partial charge in [-0.1, -0.05) is 36.4 Å². The summed E-state index contributed by atoms with van der Waals surface area (Å²) in [6, 6.07) is 19.2. The van der Waals surface area contributed by atoms with E-state index in [-0.39, 0.29) is 6.23 Å². The molecule has 0 aliphatic carbocycles. The van der Waals surface area contributed by atoms with Crippen LogP contribution in [0.25, 0.3) is 21.5 Å². The van der Waals surface area contributed by atoms with Crippen molar-refractivity contribution in [1.82, 2.24) is 0 Å². The second-order valence-corrected chi connectivity index (χ2v) is 4.92. The minimum Gasteiger partial charge on any atom is -0.472 e. The number of benzene rings is 3. The first-order chi connectivity index (χ1) is 9.90. The molecule has 0 amide bonds. The Morgan fingerprint density at radius 2 is 1.55 bits per heavy atom. The molecule has 3 aromatic carbocycles. The normalized spacial score (nSPS) is 17.5. The zero-order chi connectivity index (χ0) is 13.4. The fourth-order valence-electron chi connectivity index (χ4n) is 2.59. The summed E-state index contributed by atoms with van der Waals surface area (Å²) in [5, 5.41) is 4.98. The van der Waals surface area contributed by atoms with Crippen LogP contribution in [0.2, 0.25) is 0 Å². The van der Waals surface area contributed by atoms with Crippen molar-refractivity contribution in [3.8, 4) is 0 Å². The predicted octanol–water partition coefficient (Wildman–Crippen LogP) is 4.61. The van der Waals surface area contributed by atoms with Gasteiger partial charge in [-0.15, -0.1) is 0 Å². The van der Waals surface area contributed by atoms with E-state index in [2.05, 4.69) is 59.6 Å². The molecular formula is C18H13NO. The van der Waals surface area contributed by atoms with Crippen LogP contribution in [0.5, 0.6) is 0 Å². The maximum Gasteiger partial charge on any atom is 0.214 e. The van der Waals surface area contributed by atoms with Gasteiger partial charge in [0.15, 0.2) is 0 Å². The van der Waals surface area contributed by atoms with Gasteiger partial charge in [0.2, 0.25) is 6.23 Å². The van der Waals surface area contributed by atoms with Crippen LogP contribution >= 0.6 is 0 Å². The number of hydrogen-bond acceptors (Lipinski definition) is 2. The van der Waals surface area contributed by atoms with Crippen molar-refractivity contribution in [2.75, 3.05) is 0 Å². The highest BCUT2D eigenvalue weighted by atomic mass is 16.5. The van der Waals surface area contributed by atoms with E-state index in [0.29, 0.717) is 0 Å². The number of nitrogens with zero attached hydrogens (tertiary/aromatic N) is 1. The first kappa shape index (κ1) is 11.2. The minimum atomic E-state index is -0.226. The fourth-order valence-corrected chi connectivity index (χ4v) is 2.59. The first-order valence-corrected chi connectivity index (χ1v) is 6.66. The number of fused-ring (bicyclic) bond motifs is 2. The zero-order valence-corrected chi connectivity index (χ0v) is 10.9. The average molecular weight is 259 g/mol. The molecule has 0 saturated carbocycles. The van der Waals surface area contributed by atoms with E-state index < -0.39 is 0 Å². The SMILES string of the molecule is C1=COC(c2ccc3cc4ccccc4cc3c2)N=C1. The van der Waals surface area contributed by atoms with Gasteiger partial charge < -0.3 is 4.74 Å². The van der Waals surface area contributed by atoms with Crippen molar-refractivity contribution < 1.29 is 4.74 Å². The van der Waals surface area contributed by atoms with Crippen molar-refractivity contribution in [2.24, 2.45) is 4.99 Å². The van der Waals surface area contributed by atoms with Crippen LogP contribution in [-0.2, 0) is 4.74 Å². The van der Waals surface area contributed by atoms with Crippen molar-refractivity contribution in [1.29, 1.82) is 0 Å². The van der Waals surface area contributed by atoms with E-state index in [1.165, 1.54) is 21.5 Å². The van der Waals surface area contributed by atoms with Crippen LogP contribution in [0.1, 0.15) is 11.8 Å². The van der Waals surface area contributed by atoms with Gasteiger partial charge in [-0.25, -0.2) is 4.99 Å². The van der Waals surface area contributed by atoms with Gasteiger partial charge in [0.25, 0.3) is 0 Å². The molecule has 2 nitrogen and oxygen atoms in total. The predicted molar refractivity (Wildman–Crippen MR) is 82.9 cm³/mol. The first-order valence-electron chi connectivity index (χ1n) is 6.66. The molecule has 1 atom stereocenters. The number of allylic oxidation sites excluding steroid dienone is 1. The van der Waals surface area contributed by atoms with Crippen molar-refractivity contribution in [2.45, 2.75) is 6.23 Å². The van der Waals surface area contributed by atoms with Crippen LogP contribution in [0.3, 0.4) is 0 Å². The lowest BCUT2D eigenvalue weighted by Crippen LogP contribution is -2.00. The molecule has 0 bridgehead atoms. The summed E-state index contributed by atoms with van der Waals surface area (Å²) in [5.74, 6) is 0. The van der Waals surface area contributed by atoms with Gasteiger partial charge in [-0.2, -0.15) is 0 Å². The highest BCUT2D eigenvalue weighted by Crippen LogP contribution is 2.28. The molecule has 0 N–H and O–H groups in total. The smallest absolute Gasteiger partial charge is 0.214 e. The number of rotatable bonds is 1. The zero-order valence-electron chi connectivity index (χ0n) is 10.9. The molecule has 2 heteroatoms. The van der Waals surface area contributed by atoms with Gasteiger partial charge in [0, 0.05) is 11.8 Å². The molecule has 4 rings (SSSR count). The van der Waals surface area contributed by atoms with Crippen molar-refractivity contribution in [3.63, 3.8) is 0 Å². The van der Waals surface area contributed by atoms with Gasteiger partial charge in [-0.05, 0) is 45.8 Å². The Labute approximate surface area is 117 Å². The molecule has 0 aromatic heterocycles. The molecule has 1 unspecified atom stereocenters. The average Bonchev–Trinajstić information content (AvgIpc) is 2.53. The monoisotopic (exact) mass is 259 g/mol. The maximum atomic E-state index is 5.52. The van der Waals surface area contributed by atoms with Crippen LogP contribution in [0.15, 0.2) is 71.9 Å². The van der Waals surface area contributed by atoms with Crippen molar-refractivity contribution in [3.05, 3.63) is 72.5 Å². The second-order valence-electron chi connectivity index (χ2n) is 4.92. The molecule has 0 spiro atoms. The van der Waals surface area contributed by atoms with E-state index in [9.17, 15) is 0 Å². The Balaban J connectivity index is 1.87. The number of aliphatic imine (C=N–C) groups is 1.